The van der Waals surface area contributed by atoms with Crippen LogP contribution in [0.5, 0.6) is 0 Å². The van der Waals surface area contributed by atoms with E-state index < -0.39 is 0 Å². The van der Waals surface area contributed by atoms with Crippen LogP contribution >= 0.6 is 11.6 Å². The summed E-state index contributed by atoms with van der Waals surface area (Å²) in [6.45, 7) is 4.30. The largest absolute Gasteiger partial charge is 0.368 e. The average Bonchev–Trinajstić information content (AvgIpc) is 2.28. The van der Waals surface area contributed by atoms with E-state index in [-0.39, 0.29) is 11.2 Å². The third-order valence-electron chi connectivity index (χ3n) is 2.46. The van der Waals surface area contributed by atoms with Gasteiger partial charge in [-0.3, -0.25) is 0 Å². The van der Waals surface area contributed by atoms with Crippen LogP contribution in [0.15, 0.2) is 24.3 Å². The number of hydrogen-bond acceptors (Lipinski definition) is 5. The molecule has 0 spiro atoms. The highest BCUT2D eigenvalue weighted by atomic mass is 35.5. The molecule has 2 aromatic rings. The number of aromatic nitrogens is 3. The molecule has 0 bridgehead atoms. The van der Waals surface area contributed by atoms with Crippen LogP contribution in [0, 0.1) is 0 Å². The molecule has 1 aromatic heterocycles. The summed E-state index contributed by atoms with van der Waals surface area (Å²) in [4.78, 5) is 11.6. The van der Waals surface area contributed by atoms with Gasteiger partial charge in [-0.1, -0.05) is 26.0 Å². The molecule has 6 heteroatoms. The van der Waals surface area contributed by atoms with E-state index in [1.165, 1.54) is 5.56 Å². The summed E-state index contributed by atoms with van der Waals surface area (Å²) < 4.78 is 0. The number of hydrogen-bond donors (Lipinski definition) is 2. The Kier molecular flexibility index (Phi) is 3.62. The van der Waals surface area contributed by atoms with Crippen LogP contribution in [0.3, 0.4) is 0 Å². The average molecular weight is 264 g/mol. The van der Waals surface area contributed by atoms with Gasteiger partial charge in [-0.05, 0) is 35.2 Å². The second-order valence-electron chi connectivity index (χ2n) is 4.19. The second kappa shape index (κ2) is 5.18. The van der Waals surface area contributed by atoms with E-state index in [0.29, 0.717) is 11.9 Å². The van der Waals surface area contributed by atoms with Gasteiger partial charge in [0.05, 0.1) is 0 Å². The second-order valence-corrected chi connectivity index (χ2v) is 4.53. The molecule has 0 unspecified atom stereocenters. The van der Waals surface area contributed by atoms with Crippen molar-refractivity contribution in [2.75, 3.05) is 11.1 Å². The molecule has 0 radical (unpaired) electrons. The predicted molar refractivity (Wildman–Crippen MR) is 73.1 cm³/mol. The first-order valence-corrected chi connectivity index (χ1v) is 5.96. The summed E-state index contributed by atoms with van der Waals surface area (Å²) in [6.07, 6.45) is 0. The smallest absolute Gasteiger partial charge is 0.233 e. The molecule has 0 saturated carbocycles. The topological polar surface area (TPSA) is 76.7 Å². The number of nitrogens with two attached hydrogens (primary N) is 1. The number of nitrogen functional groups attached to an aromatic ring is 1. The quantitative estimate of drug-likeness (QED) is 0.890. The predicted octanol–water partition coefficient (Wildman–Crippen LogP) is 2.97. The van der Waals surface area contributed by atoms with E-state index in [2.05, 4.69) is 46.2 Å². The summed E-state index contributed by atoms with van der Waals surface area (Å²) in [5.74, 6) is 0.933. The zero-order valence-electron chi connectivity index (χ0n) is 10.2. The van der Waals surface area contributed by atoms with Crippen LogP contribution in [-0.4, -0.2) is 15.0 Å². The Morgan fingerprint density at radius 1 is 1.11 bits per heavy atom. The molecule has 2 rings (SSSR count). The van der Waals surface area contributed by atoms with Gasteiger partial charge in [0.1, 0.15) is 0 Å². The summed E-state index contributed by atoms with van der Waals surface area (Å²) in [5, 5.41) is 3.10. The highest BCUT2D eigenvalue weighted by Crippen LogP contribution is 2.19. The molecule has 0 aliphatic carbocycles. The summed E-state index contributed by atoms with van der Waals surface area (Å²) >= 11 is 5.70. The molecule has 1 aromatic carbocycles. The monoisotopic (exact) mass is 263 g/mol. The molecule has 5 nitrogen and oxygen atoms in total. The van der Waals surface area contributed by atoms with Gasteiger partial charge in [0.25, 0.3) is 0 Å². The van der Waals surface area contributed by atoms with E-state index in [9.17, 15) is 0 Å². The molecule has 0 atom stereocenters. The van der Waals surface area contributed by atoms with Crippen molar-refractivity contribution in [1.29, 1.82) is 0 Å². The van der Waals surface area contributed by atoms with Crippen LogP contribution in [0.2, 0.25) is 5.28 Å². The van der Waals surface area contributed by atoms with Crippen molar-refractivity contribution in [3.8, 4) is 0 Å². The maximum Gasteiger partial charge on any atom is 0.233 e. The van der Waals surface area contributed by atoms with Gasteiger partial charge in [-0.2, -0.15) is 15.0 Å². The van der Waals surface area contributed by atoms with E-state index in [4.69, 9.17) is 17.3 Å². The van der Waals surface area contributed by atoms with Crippen molar-refractivity contribution in [2.45, 2.75) is 19.8 Å². The van der Waals surface area contributed by atoms with Crippen LogP contribution in [-0.2, 0) is 0 Å². The van der Waals surface area contributed by atoms with E-state index in [1.807, 2.05) is 12.1 Å². The first kappa shape index (κ1) is 12.6. The lowest BCUT2D eigenvalue weighted by Crippen LogP contribution is -2.03. The maximum atomic E-state index is 5.70. The lowest BCUT2D eigenvalue weighted by molar-refractivity contribution is 0.867. The fourth-order valence-corrected chi connectivity index (χ4v) is 1.67. The van der Waals surface area contributed by atoms with Crippen LogP contribution < -0.4 is 11.1 Å². The van der Waals surface area contributed by atoms with Crippen LogP contribution in [0.4, 0.5) is 17.6 Å². The number of nitrogens with zero attached hydrogens (tertiary/aromatic N) is 3. The Morgan fingerprint density at radius 2 is 1.78 bits per heavy atom. The molecule has 0 fully saturated rings. The normalized spacial score (nSPS) is 10.7. The highest BCUT2D eigenvalue weighted by molar-refractivity contribution is 6.28. The fourth-order valence-electron chi connectivity index (χ4n) is 1.50. The zero-order valence-corrected chi connectivity index (χ0v) is 10.9. The van der Waals surface area contributed by atoms with Crippen molar-refractivity contribution >= 4 is 29.2 Å². The van der Waals surface area contributed by atoms with Crippen molar-refractivity contribution in [2.24, 2.45) is 0 Å². The standard InChI is InChI=1S/C12H14ClN5/c1-7(2)8-3-5-9(6-4-8)15-12-17-10(13)16-11(14)18-12/h3-7H,1-2H3,(H3,14,15,16,17,18). The number of rotatable bonds is 3. The number of nitrogens with one attached hydrogen (secondary N) is 1. The van der Waals surface area contributed by atoms with Gasteiger partial charge in [0.15, 0.2) is 0 Å². The zero-order chi connectivity index (χ0) is 13.1. The Balaban J connectivity index is 2.18. The Labute approximate surface area is 110 Å². The third-order valence-corrected chi connectivity index (χ3v) is 2.63. The van der Waals surface area contributed by atoms with Gasteiger partial charge in [0, 0.05) is 5.69 Å². The SMILES string of the molecule is CC(C)c1ccc(Nc2nc(N)nc(Cl)n2)cc1. The molecule has 0 saturated heterocycles. The Bertz CT molecular complexity index is 518. The Hall–Kier alpha value is -1.88. The molecule has 94 valence electrons. The molecule has 3 N–H and O–H groups in total. The minimum atomic E-state index is 0.0730. The molecule has 0 amide bonds. The Morgan fingerprint density at radius 3 is 2.33 bits per heavy atom. The van der Waals surface area contributed by atoms with Gasteiger partial charge in [0.2, 0.25) is 17.2 Å². The molecular weight excluding hydrogens is 250 g/mol. The molecule has 18 heavy (non-hydrogen) atoms. The van der Waals surface area contributed by atoms with E-state index >= 15 is 0 Å². The lowest BCUT2D eigenvalue weighted by atomic mass is 10.0. The van der Waals surface area contributed by atoms with Crippen molar-refractivity contribution in [3.05, 3.63) is 35.1 Å². The fraction of sp³-hybridized carbons (Fsp3) is 0.250. The minimum Gasteiger partial charge on any atom is -0.368 e. The van der Waals surface area contributed by atoms with E-state index in [1.54, 1.807) is 0 Å². The summed E-state index contributed by atoms with van der Waals surface area (Å²) in [7, 11) is 0. The van der Waals surface area contributed by atoms with Gasteiger partial charge < -0.3 is 11.1 Å². The van der Waals surface area contributed by atoms with Crippen molar-refractivity contribution in [1.82, 2.24) is 15.0 Å². The third kappa shape index (κ3) is 3.07. The van der Waals surface area contributed by atoms with E-state index in [0.717, 1.165) is 5.69 Å². The van der Waals surface area contributed by atoms with Crippen LogP contribution in [0.25, 0.3) is 0 Å². The van der Waals surface area contributed by atoms with Gasteiger partial charge in [-0.25, -0.2) is 0 Å². The molecule has 0 aliphatic heterocycles. The number of benzene rings is 1. The molecule has 1 heterocycles. The lowest BCUT2D eigenvalue weighted by Gasteiger charge is -2.08. The van der Waals surface area contributed by atoms with Crippen molar-refractivity contribution < 1.29 is 0 Å². The summed E-state index contributed by atoms with van der Waals surface area (Å²) in [6, 6.07) is 8.03. The van der Waals surface area contributed by atoms with Crippen molar-refractivity contribution in [3.63, 3.8) is 0 Å². The maximum absolute atomic E-state index is 5.70. The minimum absolute atomic E-state index is 0.0730. The first-order chi connectivity index (χ1) is 8.54. The molecule has 0 aliphatic rings. The first-order valence-electron chi connectivity index (χ1n) is 5.58. The van der Waals surface area contributed by atoms with Gasteiger partial charge >= 0.3 is 0 Å². The number of halogens is 1. The van der Waals surface area contributed by atoms with Crippen LogP contribution in [0.1, 0.15) is 25.3 Å². The summed E-state index contributed by atoms with van der Waals surface area (Å²) in [5.41, 5.74) is 7.64. The molecular formula is C12H14ClN5. The highest BCUT2D eigenvalue weighted by Gasteiger charge is 2.03. The number of anilines is 3. The van der Waals surface area contributed by atoms with Gasteiger partial charge in [-0.15, -0.1) is 0 Å².